The van der Waals surface area contributed by atoms with Crippen LogP contribution in [0.5, 0.6) is 5.75 Å². The van der Waals surface area contributed by atoms with Gasteiger partial charge in [0.05, 0.1) is 12.5 Å². The molecule has 1 atom stereocenters. The largest absolute Gasteiger partial charge is 0.491 e. The van der Waals surface area contributed by atoms with Gasteiger partial charge in [0, 0.05) is 25.1 Å². The third-order valence-corrected chi connectivity index (χ3v) is 4.32. The fraction of sp³-hybridized carbons (Fsp3) is 0.579. The zero-order valence-corrected chi connectivity index (χ0v) is 14.5. The number of para-hydroxylation sites is 1. The zero-order chi connectivity index (χ0) is 17.5. The number of carbonyl (C=O) groups excluding carboxylic acids is 1. The van der Waals surface area contributed by atoms with E-state index >= 15 is 0 Å². The molecule has 0 aliphatic carbocycles. The van der Waals surface area contributed by atoms with Crippen molar-refractivity contribution >= 4 is 11.9 Å². The Labute approximate surface area is 143 Å². The summed E-state index contributed by atoms with van der Waals surface area (Å²) in [4.78, 5) is 25.3. The van der Waals surface area contributed by atoms with Crippen molar-refractivity contribution in [3.05, 3.63) is 29.8 Å². The average molecular weight is 333 g/mol. The summed E-state index contributed by atoms with van der Waals surface area (Å²) in [6, 6.07) is 7.66. The van der Waals surface area contributed by atoms with Crippen molar-refractivity contribution in [2.45, 2.75) is 52.1 Å². The minimum Gasteiger partial charge on any atom is -0.491 e. The van der Waals surface area contributed by atoms with E-state index < -0.39 is 5.97 Å². The molecule has 1 aliphatic heterocycles. The summed E-state index contributed by atoms with van der Waals surface area (Å²) in [5.74, 6) is 0.384. The maximum Gasteiger partial charge on any atom is 0.303 e. The topological polar surface area (TPSA) is 66.8 Å². The van der Waals surface area contributed by atoms with Gasteiger partial charge in [-0.1, -0.05) is 18.2 Å². The number of benzene rings is 1. The van der Waals surface area contributed by atoms with E-state index in [2.05, 4.69) is 0 Å². The number of likely N-dealkylation sites (tertiary alicyclic amines) is 1. The predicted octanol–water partition coefficient (Wildman–Crippen LogP) is 3.12. The van der Waals surface area contributed by atoms with Gasteiger partial charge in [0.25, 0.3) is 0 Å². The molecule has 5 heteroatoms. The Kier molecular flexibility index (Phi) is 6.64. The molecule has 0 saturated carbocycles. The molecule has 1 saturated heterocycles. The summed E-state index contributed by atoms with van der Waals surface area (Å²) in [6.07, 6.45) is 3.17. The normalized spacial score (nSPS) is 17.8. The number of piperidine rings is 1. The van der Waals surface area contributed by atoms with Gasteiger partial charge in [0.1, 0.15) is 5.75 Å². The highest BCUT2D eigenvalue weighted by molar-refractivity contribution is 5.79. The Hall–Kier alpha value is -2.04. The Morgan fingerprint density at radius 1 is 1.33 bits per heavy atom. The standard InChI is InChI=1S/C19H27NO4/c1-14(2)24-17-8-4-3-7-16(17)12-18(21)20-11-5-6-15(13-20)9-10-19(22)23/h3-4,7-8,14-15H,5-6,9-13H2,1-2H3,(H,22,23). The highest BCUT2D eigenvalue weighted by Crippen LogP contribution is 2.24. The molecule has 132 valence electrons. The molecule has 0 spiro atoms. The number of carboxylic acids is 1. The molecule has 1 aromatic rings. The molecule has 1 aromatic carbocycles. The summed E-state index contributed by atoms with van der Waals surface area (Å²) in [6.45, 7) is 5.36. The highest BCUT2D eigenvalue weighted by Gasteiger charge is 2.24. The Balaban J connectivity index is 1.95. The van der Waals surface area contributed by atoms with Gasteiger partial charge in [0.15, 0.2) is 0 Å². The quantitative estimate of drug-likeness (QED) is 0.832. The van der Waals surface area contributed by atoms with Crippen molar-refractivity contribution in [2.24, 2.45) is 5.92 Å². The number of aliphatic carboxylic acids is 1. The van der Waals surface area contributed by atoms with Crippen LogP contribution in [0.25, 0.3) is 0 Å². The summed E-state index contributed by atoms with van der Waals surface area (Å²) >= 11 is 0. The van der Waals surface area contributed by atoms with Crippen molar-refractivity contribution in [1.82, 2.24) is 4.90 Å². The maximum absolute atomic E-state index is 12.6. The van der Waals surface area contributed by atoms with Crippen LogP contribution >= 0.6 is 0 Å². The minimum atomic E-state index is -0.766. The van der Waals surface area contributed by atoms with E-state index in [4.69, 9.17) is 9.84 Å². The Morgan fingerprint density at radius 2 is 2.08 bits per heavy atom. The molecule has 1 amide bonds. The van der Waals surface area contributed by atoms with Crippen LogP contribution in [0.3, 0.4) is 0 Å². The van der Waals surface area contributed by atoms with Crippen LogP contribution in [0.1, 0.15) is 45.1 Å². The van der Waals surface area contributed by atoms with Gasteiger partial charge in [0.2, 0.25) is 5.91 Å². The number of rotatable bonds is 7. The number of ether oxygens (including phenoxy) is 1. The number of carboxylic acid groups (broad SMARTS) is 1. The van der Waals surface area contributed by atoms with Crippen molar-refractivity contribution in [3.8, 4) is 5.75 Å². The number of hydrogen-bond donors (Lipinski definition) is 1. The van der Waals surface area contributed by atoms with E-state index in [1.165, 1.54) is 0 Å². The second-order valence-corrected chi connectivity index (χ2v) is 6.73. The first-order valence-electron chi connectivity index (χ1n) is 8.70. The van der Waals surface area contributed by atoms with Gasteiger partial charge >= 0.3 is 5.97 Å². The predicted molar refractivity (Wildman–Crippen MR) is 92.1 cm³/mol. The van der Waals surface area contributed by atoms with Gasteiger partial charge < -0.3 is 14.7 Å². The fourth-order valence-electron chi connectivity index (χ4n) is 3.15. The van der Waals surface area contributed by atoms with Gasteiger partial charge in [-0.3, -0.25) is 9.59 Å². The SMILES string of the molecule is CC(C)Oc1ccccc1CC(=O)N1CCCC(CCC(=O)O)C1. The molecule has 1 heterocycles. The van der Waals surface area contributed by atoms with E-state index in [0.29, 0.717) is 25.3 Å². The van der Waals surface area contributed by atoms with E-state index in [1.807, 2.05) is 43.0 Å². The second-order valence-electron chi connectivity index (χ2n) is 6.73. The summed E-state index contributed by atoms with van der Waals surface area (Å²) in [7, 11) is 0. The van der Waals surface area contributed by atoms with E-state index in [9.17, 15) is 9.59 Å². The maximum atomic E-state index is 12.6. The molecular weight excluding hydrogens is 306 g/mol. The molecule has 2 rings (SSSR count). The van der Waals surface area contributed by atoms with E-state index in [-0.39, 0.29) is 18.4 Å². The molecular formula is C19H27NO4. The summed E-state index contributed by atoms with van der Waals surface area (Å²) < 4.78 is 5.78. The first-order chi connectivity index (χ1) is 11.5. The average Bonchev–Trinajstić information content (AvgIpc) is 2.54. The number of amides is 1. The van der Waals surface area contributed by atoms with Crippen LogP contribution in [0.4, 0.5) is 0 Å². The van der Waals surface area contributed by atoms with Crippen LogP contribution in [0.2, 0.25) is 0 Å². The van der Waals surface area contributed by atoms with Crippen molar-refractivity contribution in [1.29, 1.82) is 0 Å². The molecule has 1 fully saturated rings. The van der Waals surface area contributed by atoms with Crippen molar-refractivity contribution in [2.75, 3.05) is 13.1 Å². The molecule has 1 unspecified atom stereocenters. The van der Waals surface area contributed by atoms with E-state index in [1.54, 1.807) is 0 Å². The first kappa shape index (κ1) is 18.3. The Bertz CT molecular complexity index is 570. The van der Waals surface area contributed by atoms with Crippen LogP contribution in [0.15, 0.2) is 24.3 Å². The fourth-order valence-corrected chi connectivity index (χ4v) is 3.15. The molecule has 1 aliphatic rings. The lowest BCUT2D eigenvalue weighted by Gasteiger charge is -2.33. The number of hydrogen-bond acceptors (Lipinski definition) is 3. The van der Waals surface area contributed by atoms with E-state index in [0.717, 1.165) is 30.7 Å². The van der Waals surface area contributed by atoms with Crippen LogP contribution < -0.4 is 4.74 Å². The Morgan fingerprint density at radius 3 is 2.79 bits per heavy atom. The number of nitrogens with zero attached hydrogens (tertiary/aromatic N) is 1. The number of carbonyl (C=O) groups is 2. The zero-order valence-electron chi connectivity index (χ0n) is 14.5. The van der Waals surface area contributed by atoms with Crippen LogP contribution in [-0.4, -0.2) is 41.1 Å². The third-order valence-electron chi connectivity index (χ3n) is 4.32. The van der Waals surface area contributed by atoms with Crippen molar-refractivity contribution < 1.29 is 19.4 Å². The van der Waals surface area contributed by atoms with Crippen LogP contribution in [-0.2, 0) is 16.0 Å². The molecule has 5 nitrogen and oxygen atoms in total. The lowest BCUT2D eigenvalue weighted by molar-refractivity contribution is -0.137. The van der Waals surface area contributed by atoms with Crippen molar-refractivity contribution in [3.63, 3.8) is 0 Å². The second kappa shape index (κ2) is 8.71. The minimum absolute atomic E-state index is 0.0663. The monoisotopic (exact) mass is 333 g/mol. The lowest BCUT2D eigenvalue weighted by Crippen LogP contribution is -2.40. The third kappa shape index (κ3) is 5.55. The molecule has 1 N–H and O–H groups in total. The summed E-state index contributed by atoms with van der Waals surface area (Å²) in [5, 5.41) is 8.82. The smallest absolute Gasteiger partial charge is 0.303 e. The molecule has 0 radical (unpaired) electrons. The van der Waals surface area contributed by atoms with Gasteiger partial charge in [-0.15, -0.1) is 0 Å². The van der Waals surface area contributed by atoms with Gasteiger partial charge in [-0.2, -0.15) is 0 Å². The molecule has 24 heavy (non-hydrogen) atoms. The highest BCUT2D eigenvalue weighted by atomic mass is 16.5. The van der Waals surface area contributed by atoms with Gasteiger partial charge in [-0.05, 0) is 45.1 Å². The molecule has 0 bridgehead atoms. The lowest BCUT2D eigenvalue weighted by atomic mass is 9.93. The summed E-state index contributed by atoms with van der Waals surface area (Å²) in [5.41, 5.74) is 0.906. The first-order valence-corrected chi connectivity index (χ1v) is 8.70. The van der Waals surface area contributed by atoms with Gasteiger partial charge in [-0.25, -0.2) is 0 Å². The van der Waals surface area contributed by atoms with Crippen LogP contribution in [0, 0.1) is 5.92 Å². The molecule has 0 aromatic heterocycles.